The molecular weight excluding hydrogens is 312 g/mol. The molecule has 2 saturated heterocycles. The molecule has 2 heterocycles. The number of piperidine rings is 1. The van der Waals surface area contributed by atoms with Crippen molar-refractivity contribution < 1.29 is 9.53 Å². The second-order valence-electron chi connectivity index (χ2n) is 7.89. The van der Waals surface area contributed by atoms with E-state index < -0.39 is 0 Å². The molecule has 136 valence electrons. The van der Waals surface area contributed by atoms with Gasteiger partial charge in [0.05, 0.1) is 13.2 Å². The van der Waals surface area contributed by atoms with E-state index in [0.717, 1.165) is 77.4 Å². The van der Waals surface area contributed by atoms with Crippen molar-refractivity contribution in [2.24, 2.45) is 11.8 Å². The second kappa shape index (κ2) is 7.88. The number of carbonyl (C=O) groups excluding carboxylic acids is 1. The molecule has 0 N–H and O–H groups in total. The molecule has 4 rings (SSSR count). The minimum Gasteiger partial charge on any atom is -0.379 e. The quantitative estimate of drug-likeness (QED) is 0.845. The SMILES string of the molecule is O=C([C@H]1CCc2ccccc2C1)N1CCC(CN2CCOCC2)CC1. The molecule has 4 heteroatoms. The number of ether oxygens (including phenoxy) is 1. The van der Waals surface area contributed by atoms with E-state index in [1.165, 1.54) is 17.7 Å². The van der Waals surface area contributed by atoms with E-state index in [-0.39, 0.29) is 5.92 Å². The number of rotatable bonds is 3. The van der Waals surface area contributed by atoms with Crippen LogP contribution in [0.4, 0.5) is 0 Å². The first-order valence-electron chi connectivity index (χ1n) is 9.95. The molecule has 2 aliphatic heterocycles. The Bertz CT molecular complexity index is 589. The number of aryl methyl sites for hydroxylation is 1. The fourth-order valence-electron chi connectivity index (χ4n) is 4.65. The van der Waals surface area contributed by atoms with Gasteiger partial charge in [0.25, 0.3) is 0 Å². The third kappa shape index (κ3) is 4.06. The number of benzene rings is 1. The summed E-state index contributed by atoms with van der Waals surface area (Å²) < 4.78 is 5.44. The third-order valence-electron chi connectivity index (χ3n) is 6.24. The summed E-state index contributed by atoms with van der Waals surface area (Å²) in [6.07, 6.45) is 5.32. The highest BCUT2D eigenvalue weighted by atomic mass is 16.5. The van der Waals surface area contributed by atoms with Crippen LogP contribution in [0, 0.1) is 11.8 Å². The summed E-state index contributed by atoms with van der Waals surface area (Å²) in [5.41, 5.74) is 2.82. The van der Waals surface area contributed by atoms with Gasteiger partial charge < -0.3 is 9.64 Å². The van der Waals surface area contributed by atoms with Crippen molar-refractivity contribution >= 4 is 5.91 Å². The minimum atomic E-state index is 0.200. The van der Waals surface area contributed by atoms with Crippen molar-refractivity contribution in [3.05, 3.63) is 35.4 Å². The molecule has 25 heavy (non-hydrogen) atoms. The summed E-state index contributed by atoms with van der Waals surface area (Å²) in [6, 6.07) is 8.62. The summed E-state index contributed by atoms with van der Waals surface area (Å²) in [5.74, 6) is 1.35. The van der Waals surface area contributed by atoms with Crippen LogP contribution in [0.3, 0.4) is 0 Å². The van der Waals surface area contributed by atoms with Crippen LogP contribution in [0.15, 0.2) is 24.3 Å². The van der Waals surface area contributed by atoms with Crippen LogP contribution in [0.1, 0.15) is 30.4 Å². The molecular formula is C21H30N2O2. The monoisotopic (exact) mass is 342 g/mol. The van der Waals surface area contributed by atoms with Gasteiger partial charge in [-0.2, -0.15) is 0 Å². The Balaban J connectivity index is 1.27. The Morgan fingerprint density at radius 1 is 1.00 bits per heavy atom. The van der Waals surface area contributed by atoms with Gasteiger partial charge in [0.1, 0.15) is 0 Å². The van der Waals surface area contributed by atoms with Gasteiger partial charge >= 0.3 is 0 Å². The fraction of sp³-hybridized carbons (Fsp3) is 0.667. The third-order valence-corrected chi connectivity index (χ3v) is 6.24. The molecule has 0 bridgehead atoms. The lowest BCUT2D eigenvalue weighted by Crippen LogP contribution is -2.46. The summed E-state index contributed by atoms with van der Waals surface area (Å²) in [4.78, 5) is 17.6. The predicted molar refractivity (Wildman–Crippen MR) is 98.5 cm³/mol. The average molecular weight is 342 g/mol. The summed E-state index contributed by atoms with van der Waals surface area (Å²) in [5, 5.41) is 0. The van der Waals surface area contributed by atoms with E-state index in [4.69, 9.17) is 4.74 Å². The molecule has 0 aromatic heterocycles. The van der Waals surface area contributed by atoms with E-state index in [9.17, 15) is 4.79 Å². The van der Waals surface area contributed by atoms with E-state index in [2.05, 4.69) is 34.1 Å². The Hall–Kier alpha value is -1.39. The van der Waals surface area contributed by atoms with Gasteiger partial charge in [-0.15, -0.1) is 0 Å². The van der Waals surface area contributed by atoms with Crippen LogP contribution in [0.2, 0.25) is 0 Å². The molecule has 1 aromatic carbocycles. The Kier molecular flexibility index (Phi) is 5.37. The van der Waals surface area contributed by atoms with Crippen LogP contribution in [-0.4, -0.2) is 61.6 Å². The van der Waals surface area contributed by atoms with Gasteiger partial charge in [0.15, 0.2) is 0 Å². The van der Waals surface area contributed by atoms with Crippen LogP contribution >= 0.6 is 0 Å². The van der Waals surface area contributed by atoms with E-state index in [1.807, 2.05) is 0 Å². The summed E-state index contributed by atoms with van der Waals surface area (Å²) >= 11 is 0. The number of hydrogen-bond acceptors (Lipinski definition) is 3. The zero-order valence-corrected chi connectivity index (χ0v) is 15.2. The number of fused-ring (bicyclic) bond motifs is 1. The Labute approximate surface area is 151 Å². The van der Waals surface area contributed by atoms with E-state index in [1.54, 1.807) is 0 Å². The van der Waals surface area contributed by atoms with Gasteiger partial charge in [0.2, 0.25) is 5.91 Å². The zero-order chi connectivity index (χ0) is 17.1. The fourth-order valence-corrected chi connectivity index (χ4v) is 4.65. The van der Waals surface area contributed by atoms with Crippen molar-refractivity contribution in [2.45, 2.75) is 32.1 Å². The number of likely N-dealkylation sites (tertiary alicyclic amines) is 1. The standard InChI is InChI=1S/C21H30N2O2/c24-21(20-6-5-18-3-1-2-4-19(18)15-20)23-9-7-17(8-10-23)16-22-11-13-25-14-12-22/h1-4,17,20H,5-16H2/t20-/m0/s1. The number of nitrogens with zero attached hydrogens (tertiary/aromatic N) is 2. The van der Waals surface area contributed by atoms with Gasteiger partial charge in [-0.05, 0) is 49.1 Å². The highest BCUT2D eigenvalue weighted by Gasteiger charge is 2.31. The second-order valence-corrected chi connectivity index (χ2v) is 7.89. The molecule has 1 atom stereocenters. The average Bonchev–Trinajstić information content (AvgIpc) is 2.68. The molecule has 1 amide bonds. The first-order chi connectivity index (χ1) is 12.3. The molecule has 4 nitrogen and oxygen atoms in total. The number of morpholine rings is 1. The van der Waals surface area contributed by atoms with Crippen LogP contribution in [0.5, 0.6) is 0 Å². The highest BCUT2D eigenvalue weighted by molar-refractivity contribution is 5.79. The maximum atomic E-state index is 13.0. The van der Waals surface area contributed by atoms with E-state index in [0.29, 0.717) is 5.91 Å². The normalized spacial score (nSPS) is 25.6. The minimum absolute atomic E-state index is 0.200. The first kappa shape index (κ1) is 17.0. The Morgan fingerprint density at radius 3 is 2.48 bits per heavy atom. The van der Waals surface area contributed by atoms with Crippen LogP contribution < -0.4 is 0 Å². The van der Waals surface area contributed by atoms with Crippen LogP contribution in [-0.2, 0) is 22.4 Å². The molecule has 0 radical (unpaired) electrons. The summed E-state index contributed by atoms with van der Waals surface area (Å²) in [7, 11) is 0. The molecule has 2 fully saturated rings. The lowest BCUT2D eigenvalue weighted by Gasteiger charge is -2.38. The first-order valence-corrected chi connectivity index (χ1v) is 9.95. The molecule has 0 unspecified atom stereocenters. The molecule has 1 aromatic rings. The van der Waals surface area contributed by atoms with Gasteiger partial charge in [-0.3, -0.25) is 9.69 Å². The smallest absolute Gasteiger partial charge is 0.226 e. The van der Waals surface area contributed by atoms with Crippen molar-refractivity contribution in [3.63, 3.8) is 0 Å². The zero-order valence-electron chi connectivity index (χ0n) is 15.2. The molecule has 1 aliphatic carbocycles. The molecule has 0 saturated carbocycles. The van der Waals surface area contributed by atoms with Crippen molar-refractivity contribution in [1.29, 1.82) is 0 Å². The summed E-state index contributed by atoms with van der Waals surface area (Å²) in [6.45, 7) is 6.97. The van der Waals surface area contributed by atoms with Crippen molar-refractivity contribution in [2.75, 3.05) is 45.9 Å². The van der Waals surface area contributed by atoms with Gasteiger partial charge in [-0.25, -0.2) is 0 Å². The number of hydrogen-bond donors (Lipinski definition) is 0. The molecule has 0 spiro atoms. The molecule has 3 aliphatic rings. The number of carbonyl (C=O) groups is 1. The van der Waals surface area contributed by atoms with Crippen molar-refractivity contribution in [1.82, 2.24) is 9.80 Å². The predicted octanol–water partition coefficient (Wildman–Crippen LogP) is 2.36. The lowest BCUT2D eigenvalue weighted by molar-refractivity contribution is -0.137. The Morgan fingerprint density at radius 2 is 1.72 bits per heavy atom. The van der Waals surface area contributed by atoms with Gasteiger partial charge in [-0.1, -0.05) is 24.3 Å². The largest absolute Gasteiger partial charge is 0.379 e. The maximum absolute atomic E-state index is 13.0. The van der Waals surface area contributed by atoms with E-state index >= 15 is 0 Å². The van der Waals surface area contributed by atoms with Crippen LogP contribution in [0.25, 0.3) is 0 Å². The lowest BCUT2D eigenvalue weighted by atomic mass is 9.82. The number of amides is 1. The highest BCUT2D eigenvalue weighted by Crippen LogP contribution is 2.28. The maximum Gasteiger partial charge on any atom is 0.226 e. The van der Waals surface area contributed by atoms with Gasteiger partial charge in [0, 0.05) is 38.6 Å². The topological polar surface area (TPSA) is 32.8 Å². The van der Waals surface area contributed by atoms with Crippen molar-refractivity contribution in [3.8, 4) is 0 Å².